The van der Waals surface area contributed by atoms with Crippen molar-refractivity contribution >= 4 is 19.2 Å². The second-order valence-electron chi connectivity index (χ2n) is 12.3. The molecule has 0 amide bonds. The van der Waals surface area contributed by atoms with Crippen molar-refractivity contribution in [3.05, 3.63) is 28.6 Å². The van der Waals surface area contributed by atoms with Gasteiger partial charge in [-0.3, -0.25) is 0 Å². The Bertz CT molecular complexity index is 1120. The molecule has 1 aliphatic heterocycles. The summed E-state index contributed by atoms with van der Waals surface area (Å²) in [6.45, 7) is 12.8. The van der Waals surface area contributed by atoms with E-state index in [4.69, 9.17) is 23.5 Å². The summed E-state index contributed by atoms with van der Waals surface area (Å²) >= 11 is 0. The van der Waals surface area contributed by atoms with Gasteiger partial charge in [0, 0.05) is 11.9 Å². The van der Waals surface area contributed by atoms with Gasteiger partial charge in [0.25, 0.3) is 0 Å². The summed E-state index contributed by atoms with van der Waals surface area (Å²) in [5, 5.41) is 0. The average Bonchev–Trinajstić information content (AvgIpc) is 3.14. The van der Waals surface area contributed by atoms with Gasteiger partial charge in [0.1, 0.15) is 11.2 Å². The van der Waals surface area contributed by atoms with E-state index in [0.29, 0.717) is 18.8 Å². The molecule has 0 aromatic heterocycles. The van der Waals surface area contributed by atoms with Gasteiger partial charge < -0.3 is 23.5 Å². The minimum absolute atomic E-state index is 0.0527. The van der Waals surface area contributed by atoms with E-state index in [2.05, 4.69) is 13.8 Å². The summed E-state index contributed by atoms with van der Waals surface area (Å²) in [4.78, 5) is 25.3. The second kappa shape index (κ2) is 10.0. The predicted molar refractivity (Wildman–Crippen MR) is 132 cm³/mol. The van der Waals surface area contributed by atoms with Crippen LogP contribution in [0.15, 0.2) is 0 Å². The van der Waals surface area contributed by atoms with Crippen LogP contribution in [0.1, 0.15) is 90.1 Å². The van der Waals surface area contributed by atoms with Crippen molar-refractivity contribution in [3.63, 3.8) is 0 Å². The number of esters is 1. The molecular formula is C27H36BF3O7. The summed E-state index contributed by atoms with van der Waals surface area (Å²) < 4.78 is 72.9. The van der Waals surface area contributed by atoms with Crippen LogP contribution in [-0.4, -0.2) is 43.2 Å². The molecule has 38 heavy (non-hydrogen) atoms. The fraction of sp³-hybridized carbons (Fsp3) is 0.704. The normalized spacial score (nSPS) is 27.4. The van der Waals surface area contributed by atoms with Gasteiger partial charge in [0.15, 0.2) is 23.2 Å². The molecule has 0 N–H and O–H groups in total. The molecule has 0 radical (unpaired) electrons. The Morgan fingerprint density at radius 2 is 1.76 bits per heavy atom. The molecule has 0 spiro atoms. The monoisotopic (exact) mass is 540 g/mol. The first-order valence-corrected chi connectivity index (χ1v) is 13.2. The van der Waals surface area contributed by atoms with Crippen molar-refractivity contribution in [2.45, 2.75) is 97.8 Å². The molecule has 3 unspecified atom stereocenters. The molecule has 7 nitrogen and oxygen atoms in total. The maximum Gasteiger partial charge on any atom is 0.514 e. The summed E-state index contributed by atoms with van der Waals surface area (Å²) in [6, 6.07) is 0. The molecule has 3 saturated carbocycles. The minimum atomic E-state index is -1.89. The van der Waals surface area contributed by atoms with Crippen molar-refractivity contribution in [1.82, 2.24) is 0 Å². The lowest BCUT2D eigenvalue weighted by molar-refractivity contribution is -0.199. The van der Waals surface area contributed by atoms with Crippen LogP contribution in [0.2, 0.25) is 0 Å². The van der Waals surface area contributed by atoms with Crippen molar-refractivity contribution in [1.29, 1.82) is 0 Å². The summed E-state index contributed by atoms with van der Waals surface area (Å²) in [7, 11) is -1.04. The Hall–Kier alpha value is -2.27. The van der Waals surface area contributed by atoms with E-state index in [1.54, 1.807) is 20.8 Å². The summed E-state index contributed by atoms with van der Waals surface area (Å²) in [5.74, 6) is -6.74. The van der Waals surface area contributed by atoms with Crippen LogP contribution in [0.5, 0.6) is 5.75 Å². The van der Waals surface area contributed by atoms with Gasteiger partial charge in [-0.25, -0.2) is 22.8 Å². The molecular weight excluding hydrogens is 504 g/mol. The highest BCUT2D eigenvalue weighted by molar-refractivity contribution is 6.45. The minimum Gasteiger partial charge on any atom is -0.462 e. The van der Waals surface area contributed by atoms with Crippen molar-refractivity contribution in [3.8, 4) is 5.75 Å². The van der Waals surface area contributed by atoms with Gasteiger partial charge in [0.05, 0.1) is 18.3 Å². The van der Waals surface area contributed by atoms with E-state index in [0.717, 1.165) is 12.8 Å². The average molecular weight is 540 g/mol. The third-order valence-corrected chi connectivity index (χ3v) is 8.25. The highest BCUT2D eigenvalue weighted by atomic mass is 19.2. The van der Waals surface area contributed by atoms with E-state index in [9.17, 15) is 18.4 Å². The smallest absolute Gasteiger partial charge is 0.462 e. The largest absolute Gasteiger partial charge is 0.514 e. The Labute approximate surface area is 221 Å². The zero-order chi connectivity index (χ0) is 28.2. The topological polar surface area (TPSA) is 80.3 Å². The molecule has 1 aromatic rings. The number of halogens is 3. The molecule has 4 atom stereocenters. The number of rotatable bonds is 7. The zero-order valence-electron chi connectivity index (χ0n) is 23.0. The Morgan fingerprint density at radius 3 is 2.37 bits per heavy atom. The Kier molecular flexibility index (Phi) is 7.60. The van der Waals surface area contributed by atoms with Crippen LogP contribution in [-0.2, 0) is 25.1 Å². The molecule has 1 aromatic carbocycles. The van der Waals surface area contributed by atoms with E-state index in [1.165, 1.54) is 0 Å². The first-order chi connectivity index (χ1) is 17.6. The molecule has 5 rings (SSSR count). The van der Waals surface area contributed by atoms with Crippen LogP contribution in [0, 0.1) is 34.7 Å². The fourth-order valence-electron chi connectivity index (χ4n) is 6.11. The molecule has 2 bridgehead atoms. The predicted octanol–water partition coefficient (Wildman–Crippen LogP) is 6.18. The Morgan fingerprint density at radius 1 is 1.08 bits per heavy atom. The first-order valence-electron chi connectivity index (χ1n) is 13.2. The lowest BCUT2D eigenvalue weighted by Crippen LogP contribution is -2.65. The second-order valence-corrected chi connectivity index (χ2v) is 12.3. The Balaban J connectivity index is 1.70. The number of carbonyl (C=O) groups excluding carboxylic acids is 2. The number of benzene rings is 1. The highest BCUT2D eigenvalue weighted by Gasteiger charge is 2.67. The molecule has 1 heterocycles. The van der Waals surface area contributed by atoms with E-state index < -0.39 is 71.1 Å². The van der Waals surface area contributed by atoms with Gasteiger partial charge >= 0.3 is 19.2 Å². The fourth-order valence-corrected chi connectivity index (χ4v) is 6.11. The number of carbonyl (C=O) groups is 2. The lowest BCUT2D eigenvalue weighted by atomic mass is 9.43. The number of unbranched alkanes of at least 4 members (excludes halogenated alkanes) is 1. The van der Waals surface area contributed by atoms with Crippen LogP contribution >= 0.6 is 0 Å². The van der Waals surface area contributed by atoms with Gasteiger partial charge in [-0.2, -0.15) is 0 Å². The molecule has 210 valence electrons. The van der Waals surface area contributed by atoms with Crippen LogP contribution < -0.4 is 4.74 Å². The third-order valence-electron chi connectivity index (χ3n) is 8.25. The van der Waals surface area contributed by atoms with Crippen molar-refractivity contribution < 1.29 is 46.3 Å². The van der Waals surface area contributed by atoms with Crippen molar-refractivity contribution in [2.24, 2.45) is 17.3 Å². The van der Waals surface area contributed by atoms with Crippen LogP contribution in [0.3, 0.4) is 0 Å². The third kappa shape index (κ3) is 5.03. The van der Waals surface area contributed by atoms with Gasteiger partial charge in [0.2, 0.25) is 0 Å². The number of hydrogen-bond acceptors (Lipinski definition) is 7. The molecule has 1 saturated heterocycles. The molecule has 3 aliphatic carbocycles. The van der Waals surface area contributed by atoms with Gasteiger partial charge in [-0.1, -0.05) is 27.2 Å². The quantitative estimate of drug-likeness (QED) is 0.134. The first kappa shape index (κ1) is 28.7. The number of hydrogen-bond donors (Lipinski definition) is 0. The maximum atomic E-state index is 15.3. The van der Waals surface area contributed by atoms with E-state index in [-0.39, 0.29) is 24.0 Å². The van der Waals surface area contributed by atoms with Crippen LogP contribution in [0.25, 0.3) is 0 Å². The summed E-state index contributed by atoms with van der Waals surface area (Å²) in [6.07, 6.45) is 0.877. The molecule has 4 aliphatic rings. The standard InChI is InChI=1S/C27H36BF3O7/c1-8-9-10-34-23(32)18-20(30)21(31)19(29)15(22(18)35-24(33)36-25(2,3)4)13-28-37-17-12-14-11-16(26(14,5)6)27(17,7)38-28/h14,16-17H,8-13H2,1-7H3/t14?,16?,17?,27-/m0/s1. The van der Waals surface area contributed by atoms with Crippen molar-refractivity contribution in [2.75, 3.05) is 6.61 Å². The SMILES string of the molecule is CCCCOC(=O)c1c(F)c(F)c(F)c(CB2OC3CC4CC(C4(C)C)[C@]3(C)O2)c1OC(=O)OC(C)(C)C. The van der Waals surface area contributed by atoms with Gasteiger partial charge in [-0.15, -0.1) is 0 Å². The van der Waals surface area contributed by atoms with Gasteiger partial charge in [-0.05, 0) is 64.2 Å². The van der Waals surface area contributed by atoms with E-state index in [1.807, 2.05) is 13.8 Å². The number of ether oxygens (including phenoxy) is 3. The molecule has 11 heteroatoms. The highest BCUT2D eigenvalue weighted by Crippen LogP contribution is 2.65. The van der Waals surface area contributed by atoms with E-state index >= 15 is 4.39 Å². The zero-order valence-corrected chi connectivity index (χ0v) is 23.0. The van der Waals surface area contributed by atoms with Crippen LogP contribution in [0.4, 0.5) is 18.0 Å². The summed E-state index contributed by atoms with van der Waals surface area (Å²) in [5.41, 5.74) is -3.20. The molecule has 4 fully saturated rings. The lowest BCUT2D eigenvalue weighted by Gasteiger charge is -2.64. The maximum absolute atomic E-state index is 15.3.